The summed E-state index contributed by atoms with van der Waals surface area (Å²) in [5.74, 6) is 0.188. The summed E-state index contributed by atoms with van der Waals surface area (Å²) in [5.41, 5.74) is 0.308. The Hall–Kier alpha value is -2.59. The molecular formula is C25H34F3N5O2. The van der Waals surface area contributed by atoms with E-state index in [1.54, 1.807) is 0 Å². The number of piperidine rings is 1. The first-order valence-corrected chi connectivity index (χ1v) is 12.2. The van der Waals surface area contributed by atoms with E-state index >= 15 is 0 Å². The van der Waals surface area contributed by atoms with E-state index in [0.717, 1.165) is 56.0 Å². The minimum Gasteiger partial charge on any atom is -0.476 e. The fraction of sp³-hybridized carbons (Fsp3) is 0.600. The number of rotatable bonds is 6. The van der Waals surface area contributed by atoms with Gasteiger partial charge in [0, 0.05) is 57.1 Å². The summed E-state index contributed by atoms with van der Waals surface area (Å²) in [6.07, 6.45) is -1.29. The number of carbonyl (C=O) groups excluding carboxylic acids is 1. The maximum atomic E-state index is 13.9. The van der Waals surface area contributed by atoms with Gasteiger partial charge in [-0.05, 0) is 64.5 Å². The minimum absolute atomic E-state index is 0.0869. The second-order valence-electron chi connectivity index (χ2n) is 9.60. The van der Waals surface area contributed by atoms with Crippen molar-refractivity contribution in [2.24, 2.45) is 0 Å². The Labute approximate surface area is 204 Å². The molecule has 0 aliphatic carbocycles. The zero-order valence-corrected chi connectivity index (χ0v) is 20.6. The quantitative estimate of drug-likeness (QED) is 0.618. The van der Waals surface area contributed by atoms with Crippen LogP contribution in [0.5, 0.6) is 5.75 Å². The van der Waals surface area contributed by atoms with E-state index in [1.807, 2.05) is 36.7 Å². The zero-order valence-electron chi connectivity index (χ0n) is 20.6. The van der Waals surface area contributed by atoms with Crippen molar-refractivity contribution in [3.8, 4) is 5.75 Å². The molecule has 1 aromatic heterocycles. The number of aromatic nitrogens is 2. The van der Waals surface area contributed by atoms with E-state index in [-0.39, 0.29) is 11.7 Å². The summed E-state index contributed by atoms with van der Waals surface area (Å²) in [4.78, 5) is 20.1. The van der Waals surface area contributed by atoms with E-state index in [4.69, 9.17) is 4.74 Å². The summed E-state index contributed by atoms with van der Waals surface area (Å²) < 4.78 is 47.5. The molecule has 1 aromatic carbocycles. The van der Waals surface area contributed by atoms with Crippen LogP contribution in [0.15, 0.2) is 30.5 Å². The average molecular weight is 494 g/mol. The van der Waals surface area contributed by atoms with Gasteiger partial charge < -0.3 is 14.5 Å². The highest BCUT2D eigenvalue weighted by atomic mass is 19.4. The molecule has 1 amide bonds. The van der Waals surface area contributed by atoms with E-state index in [2.05, 4.69) is 14.9 Å². The van der Waals surface area contributed by atoms with Crippen LogP contribution in [0.1, 0.15) is 36.6 Å². The summed E-state index contributed by atoms with van der Waals surface area (Å²) in [7, 11) is 2.03. The highest BCUT2D eigenvalue weighted by Gasteiger charge is 2.47. The SMILES string of the molecule is CCn1ncc(CN2CCCC(Oc3ccc(C(F)(F)F)cc3)(C(=O)N3CCN(C)CC3)C2)c1C. The maximum absolute atomic E-state index is 13.9. The Balaban J connectivity index is 1.59. The Bertz CT molecular complexity index is 1020. The molecule has 0 spiro atoms. The molecule has 2 aliphatic rings. The Morgan fingerprint density at radius 2 is 1.80 bits per heavy atom. The van der Waals surface area contributed by atoms with Crippen molar-refractivity contribution in [2.75, 3.05) is 46.3 Å². The first-order chi connectivity index (χ1) is 16.6. The first-order valence-electron chi connectivity index (χ1n) is 12.2. The molecule has 0 N–H and O–H groups in total. The molecular weight excluding hydrogens is 459 g/mol. The second kappa shape index (κ2) is 10.2. The number of nitrogens with zero attached hydrogens (tertiary/aromatic N) is 5. The van der Waals surface area contributed by atoms with Crippen molar-refractivity contribution in [3.63, 3.8) is 0 Å². The smallest absolute Gasteiger partial charge is 0.416 e. The van der Waals surface area contributed by atoms with Crippen molar-refractivity contribution in [1.29, 1.82) is 0 Å². The highest BCUT2D eigenvalue weighted by molar-refractivity contribution is 5.86. The molecule has 2 fully saturated rings. The molecule has 2 aromatic rings. The third-order valence-electron chi connectivity index (χ3n) is 7.11. The number of benzene rings is 1. The van der Waals surface area contributed by atoms with Crippen LogP contribution in [0.3, 0.4) is 0 Å². The number of piperazine rings is 1. The number of aryl methyl sites for hydroxylation is 1. The molecule has 192 valence electrons. The van der Waals surface area contributed by atoms with Crippen molar-refractivity contribution in [2.45, 2.75) is 51.6 Å². The van der Waals surface area contributed by atoms with Crippen LogP contribution in [0.4, 0.5) is 13.2 Å². The molecule has 0 radical (unpaired) electrons. The molecule has 35 heavy (non-hydrogen) atoms. The topological polar surface area (TPSA) is 53.8 Å². The predicted octanol–water partition coefficient (Wildman–Crippen LogP) is 3.42. The largest absolute Gasteiger partial charge is 0.476 e. The summed E-state index contributed by atoms with van der Waals surface area (Å²) >= 11 is 0. The van der Waals surface area contributed by atoms with Gasteiger partial charge >= 0.3 is 6.18 Å². The van der Waals surface area contributed by atoms with Crippen LogP contribution in [0, 0.1) is 6.92 Å². The van der Waals surface area contributed by atoms with Crippen LogP contribution in [0.2, 0.25) is 0 Å². The molecule has 7 nitrogen and oxygen atoms in total. The van der Waals surface area contributed by atoms with Crippen molar-refractivity contribution in [3.05, 3.63) is 47.3 Å². The second-order valence-corrected chi connectivity index (χ2v) is 9.60. The molecule has 2 saturated heterocycles. The molecule has 1 atom stereocenters. The number of hydrogen-bond acceptors (Lipinski definition) is 5. The maximum Gasteiger partial charge on any atom is 0.416 e. The van der Waals surface area contributed by atoms with Gasteiger partial charge in [-0.2, -0.15) is 18.3 Å². The molecule has 3 heterocycles. The Morgan fingerprint density at radius 1 is 1.11 bits per heavy atom. The standard InChI is InChI=1S/C25H34F3N5O2/c1-4-33-19(2)20(16-29-33)17-31-11-5-10-24(18-31,23(34)32-14-12-30(3)13-15-32)35-22-8-6-21(7-9-22)25(26,27)28/h6-9,16H,4-5,10-15,17-18H2,1-3H3. The molecule has 0 bridgehead atoms. The third kappa shape index (κ3) is 5.64. The van der Waals surface area contributed by atoms with Crippen molar-refractivity contribution >= 4 is 5.91 Å². The Kier molecular flexibility index (Phi) is 7.42. The van der Waals surface area contributed by atoms with E-state index in [9.17, 15) is 18.0 Å². The van der Waals surface area contributed by atoms with Gasteiger partial charge in [0.15, 0.2) is 5.60 Å². The highest BCUT2D eigenvalue weighted by Crippen LogP contribution is 2.34. The van der Waals surface area contributed by atoms with Gasteiger partial charge in [-0.25, -0.2) is 0 Å². The number of likely N-dealkylation sites (N-methyl/N-ethyl adjacent to an activating group) is 1. The van der Waals surface area contributed by atoms with Gasteiger partial charge in [0.25, 0.3) is 5.91 Å². The number of ether oxygens (including phenoxy) is 1. The lowest BCUT2D eigenvalue weighted by molar-refractivity contribution is -0.155. The number of likely N-dealkylation sites (tertiary alicyclic amines) is 1. The normalized spacial score (nSPS) is 22.4. The Morgan fingerprint density at radius 3 is 2.40 bits per heavy atom. The monoisotopic (exact) mass is 493 g/mol. The number of amides is 1. The van der Waals surface area contributed by atoms with Gasteiger partial charge in [0.05, 0.1) is 11.8 Å². The summed E-state index contributed by atoms with van der Waals surface area (Å²) in [6.45, 7) is 9.46. The van der Waals surface area contributed by atoms with Crippen molar-refractivity contribution < 1.29 is 22.7 Å². The molecule has 2 aliphatic heterocycles. The van der Waals surface area contributed by atoms with E-state index in [1.165, 1.54) is 12.1 Å². The lowest BCUT2D eigenvalue weighted by Crippen LogP contribution is -2.63. The average Bonchev–Trinajstić information content (AvgIpc) is 3.18. The number of alkyl halides is 3. The molecule has 4 rings (SSSR count). The van der Waals surface area contributed by atoms with Gasteiger partial charge in [-0.3, -0.25) is 14.4 Å². The third-order valence-corrected chi connectivity index (χ3v) is 7.11. The summed E-state index contributed by atoms with van der Waals surface area (Å²) in [6, 6.07) is 4.64. The predicted molar refractivity (Wildman–Crippen MR) is 126 cm³/mol. The number of carbonyl (C=O) groups is 1. The number of hydrogen-bond donors (Lipinski definition) is 0. The zero-order chi connectivity index (χ0) is 25.2. The minimum atomic E-state index is -4.42. The molecule has 0 saturated carbocycles. The van der Waals surface area contributed by atoms with E-state index < -0.39 is 17.3 Å². The van der Waals surface area contributed by atoms with Crippen molar-refractivity contribution in [1.82, 2.24) is 24.5 Å². The van der Waals surface area contributed by atoms with Gasteiger partial charge in [0.1, 0.15) is 5.75 Å². The van der Waals surface area contributed by atoms with Gasteiger partial charge in [-0.15, -0.1) is 0 Å². The lowest BCUT2D eigenvalue weighted by Gasteiger charge is -2.45. The van der Waals surface area contributed by atoms with Crippen LogP contribution < -0.4 is 4.74 Å². The molecule has 1 unspecified atom stereocenters. The lowest BCUT2D eigenvalue weighted by atomic mass is 9.90. The summed E-state index contributed by atoms with van der Waals surface area (Å²) in [5, 5.41) is 4.43. The van der Waals surface area contributed by atoms with Crippen LogP contribution >= 0.6 is 0 Å². The van der Waals surface area contributed by atoms with E-state index in [0.29, 0.717) is 32.6 Å². The number of halogens is 3. The van der Waals surface area contributed by atoms with Gasteiger partial charge in [0.2, 0.25) is 0 Å². The van der Waals surface area contributed by atoms with Crippen LogP contribution in [0.25, 0.3) is 0 Å². The van der Waals surface area contributed by atoms with Crippen LogP contribution in [-0.2, 0) is 24.1 Å². The van der Waals surface area contributed by atoms with Gasteiger partial charge in [-0.1, -0.05) is 0 Å². The fourth-order valence-corrected chi connectivity index (χ4v) is 4.98. The first kappa shape index (κ1) is 25.5. The molecule has 10 heteroatoms. The van der Waals surface area contributed by atoms with Crippen LogP contribution in [-0.4, -0.2) is 82.3 Å². The fourth-order valence-electron chi connectivity index (χ4n) is 4.98.